The number of rotatable bonds is 17. The molecule has 0 unspecified atom stereocenters. The third-order valence-electron chi connectivity index (χ3n) is 9.16. The first-order chi connectivity index (χ1) is 25.7. The normalized spacial score (nSPS) is 16.2. The van der Waals surface area contributed by atoms with Gasteiger partial charge in [0.15, 0.2) is 5.82 Å². The van der Waals surface area contributed by atoms with E-state index in [0.717, 1.165) is 17.3 Å². The van der Waals surface area contributed by atoms with Crippen molar-refractivity contribution in [1.29, 1.82) is 0 Å². The zero-order chi connectivity index (χ0) is 39.0. The molecule has 2 aliphatic heterocycles. The number of likely N-dealkylation sites (tertiary alicyclic amines) is 1. The van der Waals surface area contributed by atoms with Gasteiger partial charge in [-0.2, -0.15) is 0 Å². The zero-order valence-corrected chi connectivity index (χ0v) is 32.2. The summed E-state index contributed by atoms with van der Waals surface area (Å²) in [6.45, 7) is 13.7. The minimum absolute atomic E-state index is 0.0913. The number of hydrogen-bond donors (Lipinski definition) is 2. The number of ether oxygens (including phenoxy) is 3. The van der Waals surface area contributed by atoms with Gasteiger partial charge in [-0.15, -0.1) is 0 Å². The maximum Gasteiger partial charge on any atom is 0.410 e. The SMILES string of the molecule is CCOCc1nc2c(NC(=O)[C@@H]3CCCN3C(=O)OC(C)(C)C)nc3ccccc3c2n1CC(C)(C)OCCNC(=O)CCCCCN1C(=O)C=CC1=O. The minimum atomic E-state index is -0.711. The first-order valence-corrected chi connectivity index (χ1v) is 18.8. The molecule has 4 heterocycles. The van der Waals surface area contributed by atoms with Gasteiger partial charge in [-0.3, -0.25) is 29.0 Å². The molecule has 5 rings (SSSR count). The monoisotopic (exact) mass is 747 g/mol. The Hall–Kier alpha value is -4.89. The van der Waals surface area contributed by atoms with Crippen LogP contribution in [0.1, 0.15) is 85.9 Å². The van der Waals surface area contributed by atoms with Crippen LogP contribution in [-0.4, -0.2) is 104 Å². The van der Waals surface area contributed by atoms with Crippen LogP contribution in [0.25, 0.3) is 21.9 Å². The van der Waals surface area contributed by atoms with E-state index in [1.807, 2.05) is 49.6 Å². The molecule has 0 bridgehead atoms. The lowest BCUT2D eigenvalue weighted by Gasteiger charge is -2.28. The fourth-order valence-electron chi connectivity index (χ4n) is 6.64. The molecule has 292 valence electrons. The number of anilines is 1. The Labute approximate surface area is 315 Å². The molecular weight excluding hydrogens is 694 g/mol. The van der Waals surface area contributed by atoms with Crippen LogP contribution in [0, 0.1) is 0 Å². The van der Waals surface area contributed by atoms with E-state index < -0.39 is 23.3 Å². The van der Waals surface area contributed by atoms with Crippen LogP contribution < -0.4 is 10.6 Å². The molecule has 0 aliphatic carbocycles. The number of nitrogens with zero attached hydrogens (tertiary/aromatic N) is 5. The largest absolute Gasteiger partial charge is 0.444 e. The number of benzene rings is 1. The average Bonchev–Trinajstić information content (AvgIpc) is 3.83. The van der Waals surface area contributed by atoms with Crippen molar-refractivity contribution in [3.63, 3.8) is 0 Å². The number of hydrogen-bond acceptors (Lipinski definition) is 10. The maximum absolute atomic E-state index is 13.8. The van der Waals surface area contributed by atoms with Gasteiger partial charge in [0.2, 0.25) is 11.8 Å². The molecule has 54 heavy (non-hydrogen) atoms. The number of imidazole rings is 1. The van der Waals surface area contributed by atoms with E-state index >= 15 is 0 Å². The van der Waals surface area contributed by atoms with Gasteiger partial charge in [0, 0.05) is 50.2 Å². The second kappa shape index (κ2) is 17.5. The fraction of sp³-hybridized carbons (Fsp3) is 0.564. The van der Waals surface area contributed by atoms with Gasteiger partial charge in [-0.1, -0.05) is 24.6 Å². The second-order valence-electron chi connectivity index (χ2n) is 15.2. The van der Waals surface area contributed by atoms with Crippen LogP contribution in [0.15, 0.2) is 36.4 Å². The molecule has 2 aliphatic rings. The minimum Gasteiger partial charge on any atom is -0.444 e. The molecule has 1 atom stereocenters. The first kappa shape index (κ1) is 40.3. The van der Waals surface area contributed by atoms with Crippen molar-refractivity contribution in [2.75, 3.05) is 38.2 Å². The number of carbonyl (C=O) groups is 5. The van der Waals surface area contributed by atoms with Crippen molar-refractivity contribution in [3.8, 4) is 0 Å². The molecule has 0 saturated carbocycles. The Morgan fingerprint density at radius 1 is 0.981 bits per heavy atom. The molecule has 2 N–H and O–H groups in total. The van der Waals surface area contributed by atoms with E-state index in [1.165, 1.54) is 22.0 Å². The van der Waals surface area contributed by atoms with Gasteiger partial charge >= 0.3 is 6.09 Å². The number of pyridine rings is 1. The molecule has 0 radical (unpaired) electrons. The molecule has 1 saturated heterocycles. The van der Waals surface area contributed by atoms with E-state index in [4.69, 9.17) is 24.2 Å². The van der Waals surface area contributed by atoms with Gasteiger partial charge in [0.25, 0.3) is 11.8 Å². The first-order valence-electron chi connectivity index (χ1n) is 18.8. The maximum atomic E-state index is 13.8. The summed E-state index contributed by atoms with van der Waals surface area (Å²) >= 11 is 0. The van der Waals surface area contributed by atoms with Crippen LogP contribution in [0.4, 0.5) is 10.6 Å². The van der Waals surface area contributed by atoms with E-state index in [0.29, 0.717) is 81.7 Å². The summed E-state index contributed by atoms with van der Waals surface area (Å²) in [6.07, 6.45) is 5.54. The lowest BCUT2D eigenvalue weighted by molar-refractivity contribution is -0.137. The van der Waals surface area contributed by atoms with Crippen molar-refractivity contribution in [2.24, 2.45) is 0 Å². The molecule has 3 aromatic rings. The third kappa shape index (κ3) is 10.2. The summed E-state index contributed by atoms with van der Waals surface area (Å²) in [4.78, 5) is 75.1. The predicted molar refractivity (Wildman–Crippen MR) is 202 cm³/mol. The van der Waals surface area contributed by atoms with Gasteiger partial charge in [-0.05, 0) is 73.3 Å². The number of nitrogens with one attached hydrogen (secondary N) is 2. The molecule has 15 nitrogen and oxygen atoms in total. The lowest BCUT2D eigenvalue weighted by Crippen LogP contribution is -2.45. The van der Waals surface area contributed by atoms with Crippen LogP contribution in [0.5, 0.6) is 0 Å². The molecule has 15 heteroatoms. The van der Waals surface area contributed by atoms with Gasteiger partial charge in [0.1, 0.15) is 29.6 Å². The smallest absolute Gasteiger partial charge is 0.410 e. The Morgan fingerprint density at radius 3 is 2.44 bits per heavy atom. The highest BCUT2D eigenvalue weighted by atomic mass is 16.6. The number of aromatic nitrogens is 3. The van der Waals surface area contributed by atoms with E-state index in [2.05, 4.69) is 10.6 Å². The van der Waals surface area contributed by atoms with Crippen molar-refractivity contribution in [3.05, 3.63) is 42.2 Å². The molecular formula is C39H53N7O8. The predicted octanol–water partition coefficient (Wildman–Crippen LogP) is 4.86. The number of amides is 5. The topological polar surface area (TPSA) is 174 Å². The molecule has 0 spiro atoms. The Balaban J connectivity index is 1.25. The van der Waals surface area contributed by atoms with Crippen molar-refractivity contribution < 1.29 is 38.2 Å². The summed E-state index contributed by atoms with van der Waals surface area (Å²) in [7, 11) is 0. The van der Waals surface area contributed by atoms with Crippen molar-refractivity contribution in [2.45, 2.75) is 110 Å². The third-order valence-corrected chi connectivity index (χ3v) is 9.16. The summed E-state index contributed by atoms with van der Waals surface area (Å²) in [5.41, 5.74) is 0.529. The van der Waals surface area contributed by atoms with E-state index in [9.17, 15) is 24.0 Å². The number of unbranched alkanes of at least 4 members (excludes halogenated alkanes) is 2. The highest BCUT2D eigenvalue weighted by Crippen LogP contribution is 2.33. The van der Waals surface area contributed by atoms with Crippen LogP contribution in [0.3, 0.4) is 0 Å². The lowest BCUT2D eigenvalue weighted by atomic mass is 10.1. The fourth-order valence-corrected chi connectivity index (χ4v) is 6.64. The van der Waals surface area contributed by atoms with E-state index in [-0.39, 0.29) is 42.7 Å². The number of para-hydroxylation sites is 1. The Bertz CT molecular complexity index is 1880. The van der Waals surface area contributed by atoms with Crippen LogP contribution in [0.2, 0.25) is 0 Å². The highest BCUT2D eigenvalue weighted by Gasteiger charge is 2.37. The molecule has 1 fully saturated rings. The number of fused-ring (bicyclic) bond motifs is 3. The van der Waals surface area contributed by atoms with Gasteiger partial charge < -0.3 is 29.4 Å². The van der Waals surface area contributed by atoms with E-state index in [1.54, 1.807) is 20.8 Å². The Kier molecular flexibility index (Phi) is 13.1. The summed E-state index contributed by atoms with van der Waals surface area (Å²) in [6, 6.07) is 6.94. The molecule has 5 amide bonds. The standard InChI is InChI=1S/C39H53N7O8/c1-7-52-24-29-42-33-34(46(29)25-39(5,6)53-23-20-40-30(47)17-9-8-12-21-45-31(48)18-19-32(45)49)26-14-10-11-15-27(26)41-35(33)43-36(50)28-16-13-22-44(28)37(51)54-38(2,3)4/h10-11,14-15,18-19,28H,7-9,12-13,16-17,20-25H2,1-6H3,(H,40,47)(H,41,43,50)/t28-/m0/s1. The zero-order valence-electron chi connectivity index (χ0n) is 32.2. The number of imide groups is 1. The Morgan fingerprint density at radius 2 is 1.72 bits per heavy atom. The van der Waals surface area contributed by atoms with Gasteiger partial charge in [-0.25, -0.2) is 14.8 Å². The quantitative estimate of drug-likeness (QED) is 0.143. The van der Waals surface area contributed by atoms with Crippen LogP contribution >= 0.6 is 0 Å². The number of carbonyl (C=O) groups excluding carboxylic acids is 5. The van der Waals surface area contributed by atoms with Gasteiger partial charge in [0.05, 0.1) is 29.8 Å². The molecule has 2 aromatic heterocycles. The molecule has 1 aromatic carbocycles. The highest BCUT2D eigenvalue weighted by molar-refractivity contribution is 6.13. The summed E-state index contributed by atoms with van der Waals surface area (Å²) < 4.78 is 19.8. The summed E-state index contributed by atoms with van der Waals surface area (Å²) in [5, 5.41) is 6.75. The summed E-state index contributed by atoms with van der Waals surface area (Å²) in [5.74, 6) is -0.109. The van der Waals surface area contributed by atoms with Crippen LogP contribution in [-0.2, 0) is 46.5 Å². The second-order valence-corrected chi connectivity index (χ2v) is 15.2. The average molecular weight is 748 g/mol. The van der Waals surface area contributed by atoms with Crippen molar-refractivity contribution in [1.82, 2.24) is 29.7 Å². The van der Waals surface area contributed by atoms with Crippen molar-refractivity contribution >= 4 is 57.5 Å².